The zero-order chi connectivity index (χ0) is 13.0. The fourth-order valence-corrected chi connectivity index (χ4v) is 1.92. The van der Waals surface area contributed by atoms with Crippen LogP contribution in [-0.4, -0.2) is 0 Å². The van der Waals surface area contributed by atoms with E-state index in [0.29, 0.717) is 0 Å². The topological polar surface area (TPSA) is 0 Å². The highest BCUT2D eigenvalue weighted by atomic mass is 14.1. The second-order valence-corrected chi connectivity index (χ2v) is 4.13. The molecule has 0 aliphatic rings. The summed E-state index contributed by atoms with van der Waals surface area (Å²) in [5, 5.41) is 0. The summed E-state index contributed by atoms with van der Waals surface area (Å²) >= 11 is 0. The number of hydrogen-bond acceptors (Lipinski definition) is 0. The van der Waals surface area contributed by atoms with Crippen LogP contribution in [-0.2, 0) is 0 Å². The van der Waals surface area contributed by atoms with Gasteiger partial charge in [0.05, 0.1) is 0 Å². The van der Waals surface area contributed by atoms with E-state index < -0.39 is 0 Å². The zero-order valence-corrected chi connectivity index (χ0v) is 10.4. The van der Waals surface area contributed by atoms with Crippen molar-refractivity contribution in [1.82, 2.24) is 0 Å². The largest absolute Gasteiger partial charge is 0.0985 e. The highest BCUT2D eigenvalue weighted by molar-refractivity contribution is 5.73. The Bertz CT molecular complexity index is 577. The summed E-state index contributed by atoms with van der Waals surface area (Å²) < 4.78 is 0. The third-order valence-electron chi connectivity index (χ3n) is 2.90. The molecule has 18 heavy (non-hydrogen) atoms. The molecule has 0 amide bonds. The highest BCUT2D eigenvalue weighted by Gasteiger charge is 2.01. The molecule has 2 aromatic rings. The zero-order valence-electron chi connectivity index (χ0n) is 10.4. The molecule has 88 valence electrons. The van der Waals surface area contributed by atoms with Crippen LogP contribution in [0.15, 0.2) is 62.2 Å². The van der Waals surface area contributed by atoms with Gasteiger partial charge in [-0.2, -0.15) is 0 Å². The summed E-state index contributed by atoms with van der Waals surface area (Å²) in [5.74, 6) is 0. The van der Waals surface area contributed by atoms with E-state index in [4.69, 9.17) is 0 Å². The van der Waals surface area contributed by atoms with Crippen molar-refractivity contribution in [3.8, 4) is 11.1 Å². The summed E-state index contributed by atoms with van der Waals surface area (Å²) in [7, 11) is 0. The Morgan fingerprint density at radius 2 is 1.17 bits per heavy atom. The first-order valence-corrected chi connectivity index (χ1v) is 5.89. The summed E-state index contributed by atoms with van der Waals surface area (Å²) in [6, 6.07) is 14.6. The van der Waals surface area contributed by atoms with E-state index in [0.717, 1.165) is 16.7 Å². The Kier molecular flexibility index (Phi) is 3.59. The van der Waals surface area contributed by atoms with Crippen LogP contribution in [0.2, 0.25) is 0 Å². The standard InChI is InChI=1S/C18H16/c1-4-14-8-7-9-17(11-14)18-12-15(5-2)10-16(6-3)13-18/h4-13H,1-3H2. The molecular formula is C18H16. The maximum atomic E-state index is 3.82. The molecule has 0 aliphatic heterocycles. The van der Waals surface area contributed by atoms with Gasteiger partial charge < -0.3 is 0 Å². The van der Waals surface area contributed by atoms with Gasteiger partial charge in [-0.05, 0) is 52.1 Å². The molecule has 0 aromatic heterocycles. The maximum absolute atomic E-state index is 3.82. The molecule has 0 saturated carbocycles. The quantitative estimate of drug-likeness (QED) is 0.672. The summed E-state index contributed by atoms with van der Waals surface area (Å²) in [6.07, 6.45) is 5.57. The van der Waals surface area contributed by atoms with Crippen LogP contribution >= 0.6 is 0 Å². The number of benzene rings is 2. The second kappa shape index (κ2) is 5.33. The molecule has 0 saturated heterocycles. The Labute approximate surface area is 109 Å². The van der Waals surface area contributed by atoms with Gasteiger partial charge in [0.1, 0.15) is 0 Å². The number of rotatable bonds is 4. The third-order valence-corrected chi connectivity index (χ3v) is 2.90. The van der Waals surface area contributed by atoms with Gasteiger partial charge in [0.15, 0.2) is 0 Å². The summed E-state index contributed by atoms with van der Waals surface area (Å²) in [5.41, 5.74) is 5.68. The van der Waals surface area contributed by atoms with E-state index in [2.05, 4.69) is 50.1 Å². The van der Waals surface area contributed by atoms with Crippen molar-refractivity contribution in [2.24, 2.45) is 0 Å². The minimum absolute atomic E-state index is 1.10. The smallest absolute Gasteiger partial charge is 0.0172 e. The van der Waals surface area contributed by atoms with Gasteiger partial charge >= 0.3 is 0 Å². The maximum Gasteiger partial charge on any atom is -0.0172 e. The molecular weight excluding hydrogens is 216 g/mol. The van der Waals surface area contributed by atoms with Crippen LogP contribution in [0, 0.1) is 0 Å². The van der Waals surface area contributed by atoms with Gasteiger partial charge in [-0.3, -0.25) is 0 Å². The molecule has 2 aromatic carbocycles. The normalized spacial score (nSPS) is 9.78. The number of hydrogen-bond donors (Lipinski definition) is 0. The molecule has 0 aliphatic carbocycles. The first kappa shape index (κ1) is 12.1. The summed E-state index contributed by atoms with van der Waals surface area (Å²) in [6.45, 7) is 11.4. The Hall–Kier alpha value is -2.34. The average molecular weight is 232 g/mol. The van der Waals surface area contributed by atoms with Gasteiger partial charge in [0.2, 0.25) is 0 Å². The molecule has 0 radical (unpaired) electrons. The molecule has 0 unspecified atom stereocenters. The van der Waals surface area contributed by atoms with E-state index in [1.54, 1.807) is 0 Å². The predicted octanol–water partition coefficient (Wildman–Crippen LogP) is 5.28. The molecule has 0 atom stereocenters. The van der Waals surface area contributed by atoms with E-state index >= 15 is 0 Å². The minimum Gasteiger partial charge on any atom is -0.0985 e. The lowest BCUT2D eigenvalue weighted by atomic mass is 9.98. The van der Waals surface area contributed by atoms with Crippen molar-refractivity contribution in [1.29, 1.82) is 0 Å². The van der Waals surface area contributed by atoms with Crippen molar-refractivity contribution in [3.63, 3.8) is 0 Å². The van der Waals surface area contributed by atoms with E-state index in [1.165, 1.54) is 11.1 Å². The fourth-order valence-electron chi connectivity index (χ4n) is 1.92. The Morgan fingerprint density at radius 3 is 1.72 bits per heavy atom. The Balaban J connectivity index is 2.58. The molecule has 0 fully saturated rings. The molecule has 0 bridgehead atoms. The molecule has 0 nitrogen and oxygen atoms in total. The second-order valence-electron chi connectivity index (χ2n) is 4.13. The predicted molar refractivity (Wildman–Crippen MR) is 82.2 cm³/mol. The average Bonchev–Trinajstić information content (AvgIpc) is 2.46. The van der Waals surface area contributed by atoms with Crippen LogP contribution in [0.1, 0.15) is 16.7 Å². The highest BCUT2D eigenvalue weighted by Crippen LogP contribution is 2.24. The van der Waals surface area contributed by atoms with Crippen LogP contribution in [0.3, 0.4) is 0 Å². The van der Waals surface area contributed by atoms with E-state index in [1.807, 2.05) is 30.4 Å². The summed E-state index contributed by atoms with van der Waals surface area (Å²) in [4.78, 5) is 0. The third kappa shape index (κ3) is 2.49. The lowest BCUT2D eigenvalue weighted by Crippen LogP contribution is -1.83. The minimum atomic E-state index is 1.10. The van der Waals surface area contributed by atoms with Gasteiger partial charge in [0, 0.05) is 0 Å². The first-order valence-electron chi connectivity index (χ1n) is 5.89. The van der Waals surface area contributed by atoms with Crippen molar-refractivity contribution >= 4 is 18.2 Å². The van der Waals surface area contributed by atoms with Gasteiger partial charge in [-0.1, -0.05) is 56.2 Å². The fraction of sp³-hybridized carbons (Fsp3) is 0. The monoisotopic (exact) mass is 232 g/mol. The van der Waals surface area contributed by atoms with Crippen molar-refractivity contribution in [3.05, 3.63) is 78.9 Å². The Morgan fingerprint density at radius 1 is 0.611 bits per heavy atom. The van der Waals surface area contributed by atoms with Crippen LogP contribution < -0.4 is 0 Å². The van der Waals surface area contributed by atoms with Gasteiger partial charge in [-0.15, -0.1) is 0 Å². The van der Waals surface area contributed by atoms with Crippen LogP contribution in [0.5, 0.6) is 0 Å². The van der Waals surface area contributed by atoms with E-state index in [9.17, 15) is 0 Å². The molecule has 2 rings (SSSR count). The van der Waals surface area contributed by atoms with E-state index in [-0.39, 0.29) is 0 Å². The van der Waals surface area contributed by atoms with Crippen LogP contribution in [0.25, 0.3) is 29.4 Å². The molecule has 0 N–H and O–H groups in total. The van der Waals surface area contributed by atoms with Gasteiger partial charge in [-0.25, -0.2) is 0 Å². The SMILES string of the molecule is C=Cc1cccc(-c2cc(C=C)cc(C=C)c2)c1. The molecule has 0 heterocycles. The van der Waals surface area contributed by atoms with Crippen LogP contribution in [0.4, 0.5) is 0 Å². The van der Waals surface area contributed by atoms with Crippen molar-refractivity contribution in [2.45, 2.75) is 0 Å². The first-order chi connectivity index (χ1) is 8.76. The lowest BCUT2D eigenvalue weighted by molar-refractivity contribution is 1.57. The van der Waals surface area contributed by atoms with Gasteiger partial charge in [0.25, 0.3) is 0 Å². The lowest BCUT2D eigenvalue weighted by Gasteiger charge is -2.06. The van der Waals surface area contributed by atoms with Crippen molar-refractivity contribution in [2.75, 3.05) is 0 Å². The molecule has 0 heteroatoms. The molecule has 0 spiro atoms. The van der Waals surface area contributed by atoms with Crippen molar-refractivity contribution < 1.29 is 0 Å².